The summed E-state index contributed by atoms with van der Waals surface area (Å²) in [6.07, 6.45) is 5.25. The maximum Gasteiger partial charge on any atom is 0.199 e. The van der Waals surface area contributed by atoms with E-state index >= 15 is 0 Å². The van der Waals surface area contributed by atoms with Gasteiger partial charge in [-0.2, -0.15) is 8.78 Å². The predicted octanol–water partition coefficient (Wildman–Crippen LogP) is 6.36. The molecule has 3 nitrogen and oxygen atoms in total. The van der Waals surface area contributed by atoms with Gasteiger partial charge in [-0.3, -0.25) is 0 Å². The molecule has 1 aliphatic heterocycles. The second kappa shape index (κ2) is 11.2. The fraction of sp³-hybridized carbons (Fsp3) is 0.565. The van der Waals surface area contributed by atoms with Gasteiger partial charge in [0.2, 0.25) is 0 Å². The van der Waals surface area contributed by atoms with E-state index in [1.54, 1.807) is 0 Å². The number of hydrogen-bond acceptors (Lipinski definition) is 3. The number of aryl methyl sites for hydroxylation is 1. The molecule has 156 valence electrons. The van der Waals surface area contributed by atoms with E-state index in [-0.39, 0.29) is 24.2 Å². The fourth-order valence-electron chi connectivity index (χ4n) is 3.22. The Labute approximate surface area is 167 Å². The summed E-state index contributed by atoms with van der Waals surface area (Å²) in [4.78, 5) is 0. The molecule has 0 bridgehead atoms. The van der Waals surface area contributed by atoms with Crippen molar-refractivity contribution in [2.75, 3.05) is 20.3 Å². The largest absolute Gasteiger partial charge is 0.498 e. The summed E-state index contributed by atoms with van der Waals surface area (Å²) >= 11 is 0. The summed E-state index contributed by atoms with van der Waals surface area (Å²) < 4.78 is 43.7. The molecule has 0 spiro atoms. The van der Waals surface area contributed by atoms with Crippen molar-refractivity contribution in [3.63, 3.8) is 0 Å². The maximum atomic E-state index is 14.0. The Hall–Kier alpha value is -1.88. The van der Waals surface area contributed by atoms with Crippen LogP contribution in [-0.2, 0) is 20.6 Å². The third-order valence-corrected chi connectivity index (χ3v) is 5.24. The SMILES string of the molecule is CCCCc1ccc(C2CCC(CO/C(C)=C(F)/C(F)=C(\C)OC)OC2)cc1. The maximum absolute atomic E-state index is 14.0. The molecular formula is C23H32F2O3. The van der Waals surface area contributed by atoms with E-state index < -0.39 is 11.7 Å². The molecule has 0 saturated carbocycles. The van der Waals surface area contributed by atoms with Gasteiger partial charge in [0.05, 0.1) is 19.8 Å². The van der Waals surface area contributed by atoms with Crippen LogP contribution in [0.3, 0.4) is 0 Å². The van der Waals surface area contributed by atoms with Crippen molar-refractivity contribution in [1.82, 2.24) is 0 Å². The van der Waals surface area contributed by atoms with Crippen molar-refractivity contribution in [2.24, 2.45) is 0 Å². The van der Waals surface area contributed by atoms with E-state index in [2.05, 4.69) is 31.2 Å². The lowest BCUT2D eigenvalue weighted by Crippen LogP contribution is -2.28. The zero-order chi connectivity index (χ0) is 20.5. The Morgan fingerprint density at radius 2 is 1.75 bits per heavy atom. The highest BCUT2D eigenvalue weighted by atomic mass is 19.2. The molecule has 2 rings (SSSR count). The van der Waals surface area contributed by atoms with Crippen molar-refractivity contribution < 1.29 is 23.0 Å². The summed E-state index contributed by atoms with van der Waals surface area (Å²) in [6.45, 7) is 5.80. The van der Waals surface area contributed by atoms with Crippen molar-refractivity contribution in [3.05, 3.63) is 58.6 Å². The number of hydrogen-bond donors (Lipinski definition) is 0. The average molecular weight is 395 g/mol. The van der Waals surface area contributed by atoms with Gasteiger partial charge in [0.1, 0.15) is 18.1 Å². The van der Waals surface area contributed by atoms with Crippen molar-refractivity contribution >= 4 is 0 Å². The summed E-state index contributed by atoms with van der Waals surface area (Å²) in [7, 11) is 1.30. The molecule has 0 amide bonds. The van der Waals surface area contributed by atoms with Crippen molar-refractivity contribution in [2.45, 2.75) is 64.9 Å². The van der Waals surface area contributed by atoms with Crippen molar-refractivity contribution in [3.8, 4) is 0 Å². The first kappa shape index (κ1) is 22.4. The van der Waals surface area contributed by atoms with Crippen molar-refractivity contribution in [1.29, 1.82) is 0 Å². The van der Waals surface area contributed by atoms with Gasteiger partial charge >= 0.3 is 0 Å². The van der Waals surface area contributed by atoms with Gasteiger partial charge in [0.15, 0.2) is 11.7 Å². The summed E-state index contributed by atoms with van der Waals surface area (Å²) in [5, 5.41) is 0. The molecule has 1 heterocycles. The molecule has 2 unspecified atom stereocenters. The molecule has 0 N–H and O–H groups in total. The molecule has 1 aromatic rings. The predicted molar refractivity (Wildman–Crippen MR) is 107 cm³/mol. The summed E-state index contributed by atoms with van der Waals surface area (Å²) in [6, 6.07) is 8.82. The lowest BCUT2D eigenvalue weighted by atomic mass is 9.90. The Morgan fingerprint density at radius 1 is 1.07 bits per heavy atom. The number of methoxy groups -OCH3 is 1. The number of allylic oxidation sites excluding steroid dienone is 4. The van der Waals surface area contributed by atoms with Crippen LogP contribution in [0.25, 0.3) is 0 Å². The smallest absolute Gasteiger partial charge is 0.199 e. The Balaban J connectivity index is 1.82. The minimum absolute atomic E-state index is 0.0951. The van der Waals surface area contributed by atoms with E-state index in [1.807, 2.05) is 0 Å². The lowest BCUT2D eigenvalue weighted by Gasteiger charge is -2.29. The standard InChI is InChI=1S/C23H32F2O3/c1-5-6-7-18-8-10-19(11-9-18)20-12-13-21(28-14-20)15-27-17(3)23(25)22(24)16(2)26-4/h8-11,20-21H,5-7,12-15H2,1-4H3/b22-16-,23-17-. The van der Waals surface area contributed by atoms with Gasteiger partial charge in [-0.15, -0.1) is 0 Å². The van der Waals surface area contributed by atoms with Gasteiger partial charge < -0.3 is 14.2 Å². The summed E-state index contributed by atoms with van der Waals surface area (Å²) in [5.41, 5.74) is 2.67. The molecule has 0 radical (unpaired) electrons. The lowest BCUT2D eigenvalue weighted by molar-refractivity contribution is -0.0354. The third kappa shape index (κ3) is 6.33. The van der Waals surface area contributed by atoms with Crippen LogP contribution in [0.4, 0.5) is 8.78 Å². The quantitative estimate of drug-likeness (QED) is 0.360. The van der Waals surface area contributed by atoms with Crippen LogP contribution in [0.1, 0.15) is 63.5 Å². The minimum Gasteiger partial charge on any atom is -0.498 e. The van der Waals surface area contributed by atoms with Crippen LogP contribution < -0.4 is 0 Å². The highest BCUT2D eigenvalue weighted by molar-refractivity contribution is 5.26. The fourth-order valence-corrected chi connectivity index (χ4v) is 3.22. The first-order chi connectivity index (χ1) is 13.5. The van der Waals surface area contributed by atoms with Crippen LogP contribution in [0.2, 0.25) is 0 Å². The molecule has 1 saturated heterocycles. The van der Waals surface area contributed by atoms with E-state index in [9.17, 15) is 8.78 Å². The zero-order valence-corrected chi connectivity index (χ0v) is 17.4. The van der Waals surface area contributed by atoms with Crippen LogP contribution in [0, 0.1) is 0 Å². The normalized spacial score (nSPS) is 21.6. The topological polar surface area (TPSA) is 27.7 Å². The second-order valence-electron chi connectivity index (χ2n) is 7.33. The van der Waals surface area contributed by atoms with Crippen LogP contribution in [-0.4, -0.2) is 26.4 Å². The summed E-state index contributed by atoms with van der Waals surface area (Å²) in [5.74, 6) is -1.90. The van der Waals surface area contributed by atoms with Crippen LogP contribution >= 0.6 is 0 Å². The Kier molecular flexibility index (Phi) is 8.97. The number of rotatable bonds is 9. The van der Waals surface area contributed by atoms with E-state index in [4.69, 9.17) is 14.2 Å². The highest BCUT2D eigenvalue weighted by Crippen LogP contribution is 2.29. The molecule has 1 fully saturated rings. The molecule has 1 aromatic carbocycles. The zero-order valence-electron chi connectivity index (χ0n) is 17.4. The molecule has 2 atom stereocenters. The monoisotopic (exact) mass is 394 g/mol. The van der Waals surface area contributed by atoms with E-state index in [1.165, 1.54) is 44.9 Å². The second-order valence-corrected chi connectivity index (χ2v) is 7.33. The Morgan fingerprint density at radius 3 is 2.32 bits per heavy atom. The molecule has 5 heteroatoms. The Bertz CT molecular complexity index is 672. The first-order valence-electron chi connectivity index (χ1n) is 10.1. The van der Waals surface area contributed by atoms with Crippen LogP contribution in [0.15, 0.2) is 47.4 Å². The van der Waals surface area contributed by atoms with Gasteiger partial charge in [-0.1, -0.05) is 37.6 Å². The molecule has 28 heavy (non-hydrogen) atoms. The van der Waals surface area contributed by atoms with E-state index in [0.717, 1.165) is 19.3 Å². The van der Waals surface area contributed by atoms with Gasteiger partial charge in [0, 0.05) is 5.92 Å². The number of ether oxygens (including phenoxy) is 3. The average Bonchev–Trinajstić information content (AvgIpc) is 2.75. The third-order valence-electron chi connectivity index (χ3n) is 5.24. The van der Waals surface area contributed by atoms with Gasteiger partial charge in [-0.05, 0) is 50.7 Å². The van der Waals surface area contributed by atoms with Gasteiger partial charge in [0.25, 0.3) is 0 Å². The first-order valence-corrected chi connectivity index (χ1v) is 10.1. The highest BCUT2D eigenvalue weighted by Gasteiger charge is 2.24. The number of unbranched alkanes of at least 4 members (excludes halogenated alkanes) is 1. The number of halogens is 2. The van der Waals surface area contributed by atoms with Crippen LogP contribution in [0.5, 0.6) is 0 Å². The molecule has 0 aliphatic carbocycles. The molecule has 0 aromatic heterocycles. The molecule has 1 aliphatic rings. The number of benzene rings is 1. The molecular weight excluding hydrogens is 362 g/mol. The minimum atomic E-state index is -1.04. The van der Waals surface area contributed by atoms with Gasteiger partial charge in [-0.25, -0.2) is 0 Å². The van der Waals surface area contributed by atoms with E-state index in [0.29, 0.717) is 12.5 Å².